The van der Waals surface area contributed by atoms with Crippen molar-refractivity contribution in [2.75, 3.05) is 12.0 Å². The lowest BCUT2D eigenvalue weighted by atomic mass is 9.49. The van der Waals surface area contributed by atoms with Gasteiger partial charge in [-0.2, -0.15) is 5.01 Å². The van der Waals surface area contributed by atoms with E-state index in [2.05, 4.69) is 21.4 Å². The number of hydrazine groups is 1. The summed E-state index contributed by atoms with van der Waals surface area (Å²) in [5.41, 5.74) is 2.94. The number of nitrogens with one attached hydrogen (secondary N) is 1. The number of carbonyl (C=O) groups excluding carboxylic acids is 4. The highest BCUT2D eigenvalue weighted by atomic mass is 79.9. The fourth-order valence-electron chi connectivity index (χ4n) is 8.25. The quantitative estimate of drug-likeness (QED) is 0.216. The molecule has 0 unspecified atom stereocenters. The van der Waals surface area contributed by atoms with Crippen molar-refractivity contribution in [1.29, 1.82) is 0 Å². The van der Waals surface area contributed by atoms with Crippen molar-refractivity contribution in [1.82, 2.24) is 9.91 Å². The second-order valence-corrected chi connectivity index (χ2v) is 13.9. The van der Waals surface area contributed by atoms with Gasteiger partial charge in [0.15, 0.2) is 0 Å². The predicted octanol–water partition coefficient (Wildman–Crippen LogP) is 5.41. The van der Waals surface area contributed by atoms with Gasteiger partial charge < -0.3 is 10.2 Å². The maximum Gasteiger partial charge on any atom is 0.305 e. The summed E-state index contributed by atoms with van der Waals surface area (Å²) in [6.07, 6.45) is 1.59. The Kier molecular flexibility index (Phi) is 7.91. The molecule has 7 rings (SSSR count). The molecule has 0 radical (unpaired) electrons. The molecular weight excluding hydrogens is 709 g/mol. The number of phenolic OH excluding ortho intramolecular Hbond substituents is 1. The fourth-order valence-corrected chi connectivity index (χ4v) is 8.75. The minimum Gasteiger partial charge on any atom is -0.508 e. The molecule has 3 fully saturated rings. The standard InChI is InChI=1S/C35H28BrClFN3O7/c36-18-3-12-27(42)25(15-18)30-22-10-11-23-29(33(47)40(31(23)45)14-13-28(43)44)24(22)16-26-32(46)41(39-21-8-6-20(38)7-9-21)34(48)35(26,30)17-1-4-19(37)5-2-17/h1-10,12,15,23-24,26,29-30,39,42H,11,13-14,16H2,(H,43,44)/t23-,24+,26-,29-,30+,35+/m0/s1. The van der Waals surface area contributed by atoms with E-state index >= 15 is 4.79 Å². The highest BCUT2D eigenvalue weighted by Gasteiger charge is 2.70. The summed E-state index contributed by atoms with van der Waals surface area (Å²) in [7, 11) is 0. The van der Waals surface area contributed by atoms with Gasteiger partial charge in [0, 0.05) is 27.5 Å². The largest absolute Gasteiger partial charge is 0.508 e. The van der Waals surface area contributed by atoms with Gasteiger partial charge in [-0.25, -0.2) is 4.39 Å². The van der Waals surface area contributed by atoms with Gasteiger partial charge in [0.25, 0.3) is 11.8 Å². The molecule has 3 aromatic rings. The average Bonchev–Trinajstić information content (AvgIpc) is 3.43. The summed E-state index contributed by atoms with van der Waals surface area (Å²) >= 11 is 9.78. The fraction of sp³-hybridized carbons (Fsp3) is 0.286. The van der Waals surface area contributed by atoms with E-state index in [9.17, 15) is 33.8 Å². The van der Waals surface area contributed by atoms with Crippen LogP contribution in [0.5, 0.6) is 5.75 Å². The molecule has 0 bridgehead atoms. The molecular formula is C35H28BrClFN3O7. The van der Waals surface area contributed by atoms with Gasteiger partial charge in [0.1, 0.15) is 11.6 Å². The van der Waals surface area contributed by atoms with Crippen LogP contribution in [0.2, 0.25) is 5.02 Å². The van der Waals surface area contributed by atoms with E-state index < -0.39 is 76.8 Å². The van der Waals surface area contributed by atoms with Gasteiger partial charge in [-0.15, -0.1) is 0 Å². The number of hydrogen-bond donors (Lipinski definition) is 3. The molecule has 2 heterocycles. The van der Waals surface area contributed by atoms with Gasteiger partial charge >= 0.3 is 5.97 Å². The van der Waals surface area contributed by atoms with Crippen LogP contribution >= 0.6 is 27.5 Å². The number of imide groups is 2. The first-order valence-electron chi connectivity index (χ1n) is 15.4. The zero-order valence-corrected chi connectivity index (χ0v) is 27.4. The Morgan fingerprint density at radius 2 is 1.69 bits per heavy atom. The Hall–Kier alpha value is -4.55. The summed E-state index contributed by atoms with van der Waals surface area (Å²) in [5, 5.41) is 22.0. The third kappa shape index (κ3) is 4.83. The predicted molar refractivity (Wildman–Crippen MR) is 174 cm³/mol. The Labute approximate surface area is 287 Å². The van der Waals surface area contributed by atoms with Crippen LogP contribution in [0.1, 0.15) is 36.3 Å². The normalized spacial score (nSPS) is 27.8. The number of likely N-dealkylation sites (tertiary alicyclic amines) is 1. The lowest BCUT2D eigenvalue weighted by molar-refractivity contribution is -0.143. The minimum absolute atomic E-state index is 0.0128. The lowest BCUT2D eigenvalue weighted by Gasteiger charge is -2.50. The number of rotatable bonds is 7. The highest BCUT2D eigenvalue weighted by molar-refractivity contribution is 9.10. The first-order chi connectivity index (χ1) is 22.9. The molecule has 48 heavy (non-hydrogen) atoms. The molecule has 246 valence electrons. The van der Waals surface area contributed by atoms with E-state index in [-0.39, 0.29) is 30.8 Å². The molecule has 4 amide bonds. The van der Waals surface area contributed by atoms with E-state index in [0.717, 1.165) is 9.91 Å². The van der Waals surface area contributed by atoms with Crippen LogP contribution in [0.3, 0.4) is 0 Å². The van der Waals surface area contributed by atoms with Crippen molar-refractivity contribution in [3.05, 3.63) is 105 Å². The van der Waals surface area contributed by atoms with Gasteiger partial charge in [-0.3, -0.25) is 34.3 Å². The molecule has 10 nitrogen and oxygen atoms in total. The Morgan fingerprint density at radius 1 is 0.979 bits per heavy atom. The Morgan fingerprint density at radius 3 is 2.38 bits per heavy atom. The number of aromatic hydroxyl groups is 1. The molecule has 4 aliphatic rings. The van der Waals surface area contributed by atoms with Crippen molar-refractivity contribution in [3.63, 3.8) is 0 Å². The van der Waals surface area contributed by atoms with E-state index in [4.69, 9.17) is 11.6 Å². The lowest BCUT2D eigenvalue weighted by Crippen LogP contribution is -2.53. The number of hydrogen-bond acceptors (Lipinski definition) is 7. The van der Waals surface area contributed by atoms with Gasteiger partial charge in [0.2, 0.25) is 11.8 Å². The van der Waals surface area contributed by atoms with E-state index in [1.54, 1.807) is 36.4 Å². The highest BCUT2D eigenvalue weighted by Crippen LogP contribution is 2.65. The first kappa shape index (κ1) is 32.0. The third-order valence-electron chi connectivity index (χ3n) is 10.2. The van der Waals surface area contributed by atoms with Gasteiger partial charge in [-0.1, -0.05) is 51.3 Å². The Bertz CT molecular complexity index is 1920. The topological polar surface area (TPSA) is 144 Å². The number of carboxylic acid groups (broad SMARTS) is 1. The maximum atomic E-state index is 15.1. The van der Waals surface area contributed by atoms with Crippen LogP contribution in [0.15, 0.2) is 82.9 Å². The summed E-state index contributed by atoms with van der Waals surface area (Å²) in [4.78, 5) is 69.4. The number of carboxylic acids is 1. The molecule has 2 aliphatic heterocycles. The van der Waals surface area contributed by atoms with Crippen molar-refractivity contribution in [3.8, 4) is 5.75 Å². The number of aliphatic carboxylic acids is 1. The summed E-state index contributed by atoms with van der Waals surface area (Å²) in [5.74, 6) is -8.40. The van der Waals surface area contributed by atoms with Crippen LogP contribution in [0.25, 0.3) is 0 Å². The van der Waals surface area contributed by atoms with Crippen LogP contribution in [-0.4, -0.2) is 56.3 Å². The number of fused-ring (bicyclic) bond motifs is 4. The maximum absolute atomic E-state index is 15.1. The molecule has 0 aromatic heterocycles. The number of allylic oxidation sites excluding steroid dienone is 2. The molecule has 1 saturated carbocycles. The average molecular weight is 737 g/mol. The van der Waals surface area contributed by atoms with Crippen LogP contribution < -0.4 is 5.43 Å². The molecule has 2 saturated heterocycles. The molecule has 0 spiro atoms. The zero-order chi connectivity index (χ0) is 34.1. The number of carbonyl (C=O) groups is 5. The molecule has 3 N–H and O–H groups in total. The Balaban J connectivity index is 1.44. The van der Waals surface area contributed by atoms with Crippen molar-refractivity contribution in [2.45, 2.75) is 30.6 Å². The second kappa shape index (κ2) is 11.9. The minimum atomic E-state index is -1.64. The van der Waals surface area contributed by atoms with E-state index in [1.165, 1.54) is 30.3 Å². The van der Waals surface area contributed by atoms with Crippen molar-refractivity contribution >= 4 is 62.8 Å². The summed E-state index contributed by atoms with van der Waals surface area (Å²) in [6, 6.07) is 16.6. The third-order valence-corrected chi connectivity index (χ3v) is 10.9. The second-order valence-electron chi connectivity index (χ2n) is 12.5. The number of amides is 4. The number of nitrogens with zero attached hydrogens (tertiary/aromatic N) is 2. The molecule has 6 atom stereocenters. The van der Waals surface area contributed by atoms with E-state index in [1.807, 2.05) is 6.08 Å². The summed E-state index contributed by atoms with van der Waals surface area (Å²) < 4.78 is 14.4. The number of halogens is 3. The summed E-state index contributed by atoms with van der Waals surface area (Å²) in [6.45, 7) is -0.275. The van der Waals surface area contributed by atoms with Crippen molar-refractivity contribution < 1.29 is 38.6 Å². The monoisotopic (exact) mass is 735 g/mol. The SMILES string of the molecule is O=C(O)CCN1C(=O)[C@H]2[C@H](CC=C3[C@H]2C[C@H]2C(=O)N(Nc4ccc(F)cc4)C(=O)[C@@]2(c2ccc(Cl)cc2)[C@H]3c2cc(Br)ccc2O)C1=O. The van der Waals surface area contributed by atoms with Crippen molar-refractivity contribution in [2.24, 2.45) is 23.7 Å². The van der Waals surface area contributed by atoms with Crippen LogP contribution in [-0.2, 0) is 29.4 Å². The molecule has 2 aliphatic carbocycles. The molecule has 13 heteroatoms. The van der Waals surface area contributed by atoms with Gasteiger partial charge in [-0.05, 0) is 78.9 Å². The van der Waals surface area contributed by atoms with Crippen LogP contribution in [0.4, 0.5) is 10.1 Å². The number of benzene rings is 3. The van der Waals surface area contributed by atoms with Crippen LogP contribution in [0, 0.1) is 29.5 Å². The van der Waals surface area contributed by atoms with E-state index in [0.29, 0.717) is 26.2 Å². The number of anilines is 1. The smallest absolute Gasteiger partial charge is 0.305 e. The molecule has 3 aromatic carbocycles. The zero-order valence-electron chi connectivity index (χ0n) is 25.1. The first-order valence-corrected chi connectivity index (χ1v) is 16.5. The van der Waals surface area contributed by atoms with Gasteiger partial charge in [0.05, 0.1) is 35.3 Å². The number of phenols is 1.